The van der Waals surface area contributed by atoms with Gasteiger partial charge in [0.1, 0.15) is 0 Å². The molecule has 11 rings (SSSR count). The maximum atomic E-state index is 5.37. The molecule has 0 N–H and O–H groups in total. The third kappa shape index (κ3) is 6.67. The minimum absolute atomic E-state index is 0.0196. The molecule has 3 heterocycles. The zero-order chi connectivity index (χ0) is 43.7. The van der Waals surface area contributed by atoms with E-state index >= 15 is 0 Å². The second-order valence-electron chi connectivity index (χ2n) is 19.0. The van der Waals surface area contributed by atoms with Crippen molar-refractivity contribution in [2.45, 2.75) is 52.4 Å². The van der Waals surface area contributed by atoms with Gasteiger partial charge in [-0.2, -0.15) is 0 Å². The van der Waals surface area contributed by atoms with Crippen LogP contribution >= 0.6 is 0 Å². The summed E-state index contributed by atoms with van der Waals surface area (Å²) in [6.45, 7) is 13.7. The summed E-state index contributed by atoms with van der Waals surface area (Å²) in [4.78, 5) is 15.9. The van der Waals surface area contributed by atoms with Crippen LogP contribution in [-0.2, 0) is 10.8 Å². The highest BCUT2D eigenvalue weighted by Crippen LogP contribution is 2.43. The Morgan fingerprint density at radius 1 is 0.344 bits per heavy atom. The third-order valence-corrected chi connectivity index (χ3v) is 12.7. The zero-order valence-corrected chi connectivity index (χ0v) is 37.1. The lowest BCUT2D eigenvalue weighted by molar-refractivity contribution is 0.590. The van der Waals surface area contributed by atoms with Crippen molar-refractivity contribution in [2.24, 2.45) is 0 Å². The molecule has 0 aliphatic heterocycles. The Balaban J connectivity index is 1.24. The first-order valence-corrected chi connectivity index (χ1v) is 22.2. The highest BCUT2D eigenvalue weighted by atomic mass is 15.1. The normalized spacial score (nSPS) is 12.2. The molecule has 5 nitrogen and oxygen atoms in total. The highest BCUT2D eigenvalue weighted by Gasteiger charge is 2.25. The first kappa shape index (κ1) is 39.2. The number of hydrogen-bond donors (Lipinski definition) is 0. The first-order chi connectivity index (χ1) is 31.0. The van der Waals surface area contributed by atoms with Crippen molar-refractivity contribution in [1.82, 2.24) is 24.1 Å². The molecule has 0 aliphatic carbocycles. The number of rotatable bonds is 6. The first-order valence-electron chi connectivity index (χ1n) is 22.2. The van der Waals surface area contributed by atoms with Crippen LogP contribution in [-0.4, -0.2) is 24.1 Å². The number of aromatic nitrogens is 5. The second kappa shape index (κ2) is 15.0. The van der Waals surface area contributed by atoms with Crippen LogP contribution in [0.3, 0.4) is 0 Å². The van der Waals surface area contributed by atoms with E-state index in [9.17, 15) is 0 Å². The van der Waals surface area contributed by atoms with Crippen LogP contribution in [0.2, 0.25) is 0 Å². The van der Waals surface area contributed by atoms with Crippen molar-refractivity contribution in [3.05, 3.63) is 199 Å². The lowest BCUT2D eigenvalue weighted by Gasteiger charge is -2.19. The largest absolute Gasteiger partial charge is 0.309 e. The van der Waals surface area contributed by atoms with E-state index in [0.29, 0.717) is 17.5 Å². The third-order valence-electron chi connectivity index (χ3n) is 12.7. The van der Waals surface area contributed by atoms with E-state index in [1.54, 1.807) is 0 Å². The second-order valence-corrected chi connectivity index (χ2v) is 19.0. The molecular weight excluding hydrogens is 779 g/mol. The molecule has 0 saturated heterocycles. The van der Waals surface area contributed by atoms with E-state index in [-0.39, 0.29) is 10.8 Å². The van der Waals surface area contributed by atoms with Gasteiger partial charge in [-0.1, -0.05) is 169 Å². The highest BCUT2D eigenvalue weighted by molar-refractivity contribution is 6.16. The molecule has 0 spiro atoms. The Bertz CT molecular complexity index is 3420. The summed E-state index contributed by atoms with van der Waals surface area (Å²) in [5, 5.41) is 4.86. The molecule has 0 saturated carbocycles. The van der Waals surface area contributed by atoms with Crippen LogP contribution in [0.5, 0.6) is 0 Å². The van der Waals surface area contributed by atoms with Crippen LogP contribution in [0.1, 0.15) is 52.7 Å². The quantitative estimate of drug-likeness (QED) is 0.168. The van der Waals surface area contributed by atoms with Gasteiger partial charge in [0.05, 0.1) is 27.8 Å². The van der Waals surface area contributed by atoms with E-state index in [2.05, 4.69) is 202 Å². The molecule has 310 valence electrons. The Kier molecular flexibility index (Phi) is 9.21. The molecule has 0 radical (unpaired) electrons. The van der Waals surface area contributed by atoms with Gasteiger partial charge in [0.15, 0.2) is 17.5 Å². The summed E-state index contributed by atoms with van der Waals surface area (Å²) in [6.07, 6.45) is 0. The molecule has 0 aliphatic rings. The van der Waals surface area contributed by atoms with Crippen LogP contribution in [0.15, 0.2) is 188 Å². The van der Waals surface area contributed by atoms with Crippen molar-refractivity contribution in [3.63, 3.8) is 0 Å². The van der Waals surface area contributed by atoms with Crippen molar-refractivity contribution in [2.75, 3.05) is 0 Å². The minimum atomic E-state index is -0.0196. The van der Waals surface area contributed by atoms with Crippen LogP contribution in [0.4, 0.5) is 0 Å². The average molecular weight is 828 g/mol. The molecule has 0 unspecified atom stereocenters. The topological polar surface area (TPSA) is 48.5 Å². The van der Waals surface area contributed by atoms with E-state index < -0.39 is 0 Å². The number of fused-ring (bicyclic) bond motifs is 6. The molecule has 8 aromatic carbocycles. The van der Waals surface area contributed by atoms with Crippen molar-refractivity contribution in [3.8, 4) is 56.7 Å². The number of para-hydroxylation sites is 2. The van der Waals surface area contributed by atoms with E-state index in [4.69, 9.17) is 15.0 Å². The van der Waals surface area contributed by atoms with Crippen LogP contribution in [0.25, 0.3) is 100 Å². The molecule has 11 aromatic rings. The maximum absolute atomic E-state index is 5.37. The fourth-order valence-electron chi connectivity index (χ4n) is 9.34. The predicted octanol–water partition coefficient (Wildman–Crippen LogP) is 15.3. The van der Waals surface area contributed by atoms with E-state index in [0.717, 1.165) is 55.7 Å². The summed E-state index contributed by atoms with van der Waals surface area (Å²) < 4.78 is 4.81. The van der Waals surface area contributed by atoms with Gasteiger partial charge in [0.25, 0.3) is 0 Å². The van der Waals surface area contributed by atoms with E-state index in [1.807, 2.05) is 36.4 Å². The number of benzene rings is 8. The van der Waals surface area contributed by atoms with Gasteiger partial charge >= 0.3 is 0 Å². The van der Waals surface area contributed by atoms with Gasteiger partial charge < -0.3 is 9.13 Å². The summed E-state index contributed by atoms with van der Waals surface area (Å²) in [5.41, 5.74) is 14.3. The molecule has 0 fully saturated rings. The van der Waals surface area contributed by atoms with E-state index in [1.165, 1.54) is 38.2 Å². The lowest BCUT2D eigenvalue weighted by atomic mass is 9.85. The summed E-state index contributed by atoms with van der Waals surface area (Å²) in [6, 6.07) is 67.4. The molecule has 0 atom stereocenters. The van der Waals surface area contributed by atoms with Crippen LogP contribution in [0, 0.1) is 0 Å². The van der Waals surface area contributed by atoms with Gasteiger partial charge in [-0.3, -0.25) is 0 Å². The Labute approximate surface area is 374 Å². The molecule has 64 heavy (non-hydrogen) atoms. The molecule has 5 heteroatoms. The summed E-state index contributed by atoms with van der Waals surface area (Å²) >= 11 is 0. The van der Waals surface area contributed by atoms with Crippen molar-refractivity contribution < 1.29 is 0 Å². The summed E-state index contributed by atoms with van der Waals surface area (Å²) in [7, 11) is 0. The van der Waals surface area contributed by atoms with Crippen molar-refractivity contribution in [1.29, 1.82) is 0 Å². The zero-order valence-electron chi connectivity index (χ0n) is 37.1. The average Bonchev–Trinajstić information content (AvgIpc) is 3.84. The Morgan fingerprint density at radius 3 is 1.42 bits per heavy atom. The van der Waals surface area contributed by atoms with Gasteiger partial charge in [-0.05, 0) is 93.7 Å². The SMILES string of the molecule is CC(C)(C)c1ccc2c(c1)c1cc(C(C)(C)C)ccc1n2-c1ccc(-c2cccc3c2c2ccccc2n3-c2ccccc2)cc1-c1nc(-c2ccccc2)nc(-c2ccccc2)n1. The monoisotopic (exact) mass is 827 g/mol. The molecular formula is C59H49N5. The molecule has 3 aromatic heterocycles. The van der Waals surface area contributed by atoms with Gasteiger partial charge in [0.2, 0.25) is 0 Å². The molecule has 0 bridgehead atoms. The Morgan fingerprint density at radius 2 is 0.844 bits per heavy atom. The Hall–Kier alpha value is -7.63. The van der Waals surface area contributed by atoms with Gasteiger partial charge in [0, 0.05) is 43.9 Å². The summed E-state index contributed by atoms with van der Waals surface area (Å²) in [5.74, 6) is 1.86. The van der Waals surface area contributed by atoms with Crippen molar-refractivity contribution >= 4 is 43.6 Å². The maximum Gasteiger partial charge on any atom is 0.166 e. The molecule has 0 amide bonds. The minimum Gasteiger partial charge on any atom is -0.309 e. The van der Waals surface area contributed by atoms with Gasteiger partial charge in [-0.25, -0.2) is 15.0 Å². The number of hydrogen-bond acceptors (Lipinski definition) is 3. The fraction of sp³-hybridized carbons (Fsp3) is 0.136. The number of nitrogens with zero attached hydrogens (tertiary/aromatic N) is 5. The van der Waals surface area contributed by atoms with Crippen LogP contribution < -0.4 is 0 Å². The smallest absolute Gasteiger partial charge is 0.166 e. The predicted molar refractivity (Wildman–Crippen MR) is 268 cm³/mol. The lowest BCUT2D eigenvalue weighted by Crippen LogP contribution is -2.10. The standard InChI is InChI=1S/C59H49N5/c1-58(2,3)41-30-33-50-46(36-41)47-37-42(59(4,5)6)31-34-51(47)64(50)52-32-29-40(44-26-18-28-53-54(44)45-25-16-17-27-49(45)63(53)43-23-14-9-15-24-43)35-48(52)57-61-55(38-19-10-7-11-20-38)60-56(62-57)39-21-12-8-13-22-39/h7-37H,1-6H3. The fourth-order valence-corrected chi connectivity index (χ4v) is 9.34. The van der Waals surface area contributed by atoms with Gasteiger partial charge in [-0.15, -0.1) is 0 Å².